The fourth-order valence-electron chi connectivity index (χ4n) is 2.77. The van der Waals surface area contributed by atoms with Gasteiger partial charge in [-0.2, -0.15) is 11.3 Å². The molecule has 1 atom stereocenters. The van der Waals surface area contributed by atoms with Gasteiger partial charge >= 0.3 is 11.8 Å². The predicted octanol–water partition coefficient (Wildman–Crippen LogP) is 2.97. The minimum atomic E-state index is -0.630. The highest BCUT2D eigenvalue weighted by molar-refractivity contribution is 7.98. The molecule has 0 spiro atoms. The van der Waals surface area contributed by atoms with Crippen LogP contribution < -0.4 is 10.6 Å². The summed E-state index contributed by atoms with van der Waals surface area (Å²) in [4.78, 5) is 27.6. The van der Waals surface area contributed by atoms with Crippen LogP contribution in [0.2, 0.25) is 0 Å². The van der Waals surface area contributed by atoms with Crippen LogP contribution in [-0.4, -0.2) is 42.6 Å². The highest BCUT2D eigenvalue weighted by Gasteiger charge is 2.27. The van der Waals surface area contributed by atoms with Crippen molar-refractivity contribution in [3.63, 3.8) is 0 Å². The molecular formula is C18H21N3O2S2. The van der Waals surface area contributed by atoms with Gasteiger partial charge in [-0.3, -0.25) is 14.5 Å². The number of thioether (sulfide) groups is 1. The molecule has 1 aliphatic rings. The fraction of sp³-hybridized carbons (Fsp3) is 0.333. The average Bonchev–Trinajstić information content (AvgIpc) is 3.11. The van der Waals surface area contributed by atoms with Gasteiger partial charge in [0.1, 0.15) is 0 Å². The van der Waals surface area contributed by atoms with Gasteiger partial charge in [-0.1, -0.05) is 12.1 Å². The van der Waals surface area contributed by atoms with Crippen molar-refractivity contribution in [1.82, 2.24) is 10.2 Å². The Hall–Kier alpha value is -1.83. The number of anilines is 1. The topological polar surface area (TPSA) is 61.4 Å². The highest BCUT2D eigenvalue weighted by Crippen LogP contribution is 2.27. The summed E-state index contributed by atoms with van der Waals surface area (Å²) in [7, 11) is 0. The molecule has 5 nitrogen and oxygen atoms in total. The second-order valence-corrected chi connectivity index (χ2v) is 7.45. The van der Waals surface area contributed by atoms with Gasteiger partial charge in [0.05, 0.1) is 11.7 Å². The van der Waals surface area contributed by atoms with Gasteiger partial charge in [-0.05, 0) is 47.2 Å². The molecular weight excluding hydrogens is 354 g/mol. The number of thiophene rings is 1. The van der Waals surface area contributed by atoms with Crippen molar-refractivity contribution in [1.29, 1.82) is 0 Å². The van der Waals surface area contributed by atoms with Crippen LogP contribution >= 0.6 is 23.1 Å². The van der Waals surface area contributed by atoms with E-state index in [4.69, 9.17) is 0 Å². The van der Waals surface area contributed by atoms with Gasteiger partial charge < -0.3 is 10.6 Å². The van der Waals surface area contributed by atoms with E-state index >= 15 is 0 Å². The summed E-state index contributed by atoms with van der Waals surface area (Å²) in [5.41, 5.74) is 1.85. The van der Waals surface area contributed by atoms with E-state index in [9.17, 15) is 9.59 Å². The lowest BCUT2D eigenvalue weighted by molar-refractivity contribution is -0.136. The zero-order valence-electron chi connectivity index (χ0n) is 14.0. The number of amides is 2. The average molecular weight is 376 g/mol. The molecule has 0 bridgehead atoms. The Kier molecular flexibility index (Phi) is 6.12. The van der Waals surface area contributed by atoms with Gasteiger partial charge in [-0.25, -0.2) is 0 Å². The van der Waals surface area contributed by atoms with Crippen LogP contribution in [0.5, 0.6) is 0 Å². The van der Waals surface area contributed by atoms with Crippen molar-refractivity contribution in [3.8, 4) is 0 Å². The van der Waals surface area contributed by atoms with Crippen LogP contribution in [0, 0.1) is 0 Å². The third kappa shape index (κ3) is 4.42. The summed E-state index contributed by atoms with van der Waals surface area (Å²) in [6.07, 6.45) is 3.12. The summed E-state index contributed by atoms with van der Waals surface area (Å²) in [6.45, 7) is 2.50. The monoisotopic (exact) mass is 375 g/mol. The Labute approximate surface area is 155 Å². The summed E-state index contributed by atoms with van der Waals surface area (Å²) in [5, 5.41) is 9.62. The first-order chi connectivity index (χ1) is 12.2. The van der Waals surface area contributed by atoms with E-state index in [1.165, 1.54) is 23.7 Å². The molecule has 25 heavy (non-hydrogen) atoms. The third-order valence-electron chi connectivity index (χ3n) is 4.28. The van der Waals surface area contributed by atoms with Crippen molar-refractivity contribution in [2.75, 3.05) is 31.2 Å². The minimum Gasteiger partial charge on any atom is -0.346 e. The molecule has 3 rings (SSSR count). The molecule has 2 amide bonds. The smallest absolute Gasteiger partial charge is 0.313 e. The molecule has 0 radical (unpaired) electrons. The normalized spacial score (nSPS) is 15.2. The van der Waals surface area contributed by atoms with Crippen LogP contribution in [-0.2, 0) is 9.59 Å². The summed E-state index contributed by atoms with van der Waals surface area (Å²) < 4.78 is 0. The van der Waals surface area contributed by atoms with E-state index in [0.29, 0.717) is 12.2 Å². The maximum Gasteiger partial charge on any atom is 0.313 e. The molecule has 0 saturated carbocycles. The van der Waals surface area contributed by atoms with Crippen LogP contribution in [0.25, 0.3) is 0 Å². The SMILES string of the molecule is CSc1ccccc1NC(=O)C(=O)NCC(c1ccsc1)N1CCC1. The molecule has 7 heteroatoms. The summed E-state index contributed by atoms with van der Waals surface area (Å²) in [6, 6.07) is 9.66. The first kappa shape index (κ1) is 18.0. The van der Waals surface area contributed by atoms with Crippen LogP contribution in [0.1, 0.15) is 18.0 Å². The molecule has 1 aromatic carbocycles. The number of rotatable bonds is 6. The van der Waals surface area contributed by atoms with Crippen molar-refractivity contribution in [3.05, 3.63) is 46.7 Å². The molecule has 2 N–H and O–H groups in total. The Morgan fingerprint density at radius 2 is 2.04 bits per heavy atom. The van der Waals surface area contributed by atoms with E-state index in [-0.39, 0.29) is 6.04 Å². The van der Waals surface area contributed by atoms with E-state index in [0.717, 1.165) is 18.0 Å². The number of hydrogen-bond acceptors (Lipinski definition) is 5. The van der Waals surface area contributed by atoms with Crippen LogP contribution in [0.3, 0.4) is 0 Å². The molecule has 0 aliphatic carbocycles. The van der Waals surface area contributed by atoms with Gasteiger partial charge in [0.15, 0.2) is 0 Å². The molecule has 1 unspecified atom stereocenters. The number of likely N-dealkylation sites (tertiary alicyclic amines) is 1. The maximum absolute atomic E-state index is 12.2. The van der Waals surface area contributed by atoms with E-state index in [2.05, 4.69) is 27.0 Å². The van der Waals surface area contributed by atoms with E-state index < -0.39 is 11.8 Å². The molecule has 1 aromatic heterocycles. The van der Waals surface area contributed by atoms with Crippen LogP contribution in [0.4, 0.5) is 5.69 Å². The van der Waals surface area contributed by atoms with E-state index in [1.54, 1.807) is 17.4 Å². The summed E-state index contributed by atoms with van der Waals surface area (Å²) in [5.74, 6) is -1.23. The zero-order chi connectivity index (χ0) is 17.6. The maximum atomic E-state index is 12.2. The standard InChI is InChI=1S/C18H21N3O2S2/c1-24-16-6-3-2-5-14(16)20-18(23)17(22)19-11-15(21-8-4-9-21)13-7-10-25-12-13/h2-3,5-7,10,12,15H,4,8-9,11H2,1H3,(H,19,22)(H,20,23). The molecule has 1 aliphatic heterocycles. The van der Waals surface area contributed by atoms with Crippen molar-refractivity contribution in [2.24, 2.45) is 0 Å². The highest BCUT2D eigenvalue weighted by atomic mass is 32.2. The lowest BCUT2D eigenvalue weighted by Crippen LogP contribution is -2.46. The lowest BCUT2D eigenvalue weighted by Gasteiger charge is -2.38. The fourth-order valence-corrected chi connectivity index (χ4v) is 4.03. The van der Waals surface area contributed by atoms with Gasteiger partial charge in [-0.15, -0.1) is 11.8 Å². The largest absolute Gasteiger partial charge is 0.346 e. The number of hydrogen-bond donors (Lipinski definition) is 2. The number of nitrogens with one attached hydrogen (secondary N) is 2. The molecule has 1 saturated heterocycles. The Bertz CT molecular complexity index is 730. The second kappa shape index (κ2) is 8.51. The first-order valence-corrected chi connectivity index (χ1v) is 10.3. The zero-order valence-corrected chi connectivity index (χ0v) is 15.7. The van der Waals surface area contributed by atoms with Crippen molar-refractivity contribution < 1.29 is 9.59 Å². The minimum absolute atomic E-state index is 0.134. The van der Waals surface area contributed by atoms with Crippen LogP contribution in [0.15, 0.2) is 46.0 Å². The number of nitrogens with zero attached hydrogens (tertiary/aromatic N) is 1. The molecule has 132 valence electrons. The van der Waals surface area contributed by atoms with Crippen molar-refractivity contribution in [2.45, 2.75) is 17.4 Å². The van der Waals surface area contributed by atoms with Crippen molar-refractivity contribution >= 4 is 40.6 Å². The number of carbonyl (C=O) groups is 2. The second-order valence-electron chi connectivity index (χ2n) is 5.83. The Morgan fingerprint density at radius 3 is 2.68 bits per heavy atom. The third-order valence-corrected chi connectivity index (χ3v) is 5.77. The van der Waals surface area contributed by atoms with E-state index in [1.807, 2.05) is 29.8 Å². The Balaban J connectivity index is 1.58. The molecule has 2 aromatic rings. The quantitative estimate of drug-likeness (QED) is 0.602. The summed E-state index contributed by atoms with van der Waals surface area (Å²) >= 11 is 3.17. The number of benzene rings is 1. The van der Waals surface area contributed by atoms with Gasteiger partial charge in [0.2, 0.25) is 0 Å². The van der Waals surface area contributed by atoms with Gasteiger partial charge in [0, 0.05) is 24.5 Å². The lowest BCUT2D eigenvalue weighted by atomic mass is 10.0. The number of para-hydroxylation sites is 1. The van der Waals surface area contributed by atoms with Gasteiger partial charge in [0.25, 0.3) is 0 Å². The first-order valence-electron chi connectivity index (χ1n) is 8.17. The molecule has 2 heterocycles. The number of carbonyl (C=O) groups excluding carboxylic acids is 2. The predicted molar refractivity (Wildman–Crippen MR) is 103 cm³/mol. The Morgan fingerprint density at radius 1 is 1.24 bits per heavy atom. The molecule has 1 fully saturated rings.